The zero-order chi connectivity index (χ0) is 10.7. The lowest BCUT2D eigenvalue weighted by Gasteiger charge is -2.21. The molecule has 78 valence electrons. The van der Waals surface area contributed by atoms with Crippen molar-refractivity contribution in [2.75, 3.05) is 6.54 Å². The van der Waals surface area contributed by atoms with E-state index in [1.54, 1.807) is 0 Å². The van der Waals surface area contributed by atoms with Gasteiger partial charge in [-0.1, -0.05) is 47.6 Å². The second-order valence-electron chi connectivity index (χ2n) is 6.11. The van der Waals surface area contributed by atoms with Crippen LogP contribution in [0.4, 0.5) is 0 Å². The number of hydrogen-bond acceptors (Lipinski definition) is 1. The van der Waals surface area contributed by atoms with Gasteiger partial charge in [0.05, 0.1) is 0 Å². The van der Waals surface area contributed by atoms with Crippen LogP contribution in [0, 0.1) is 10.8 Å². The molecular formula is C12H25N. The molecule has 0 unspecified atom stereocenters. The van der Waals surface area contributed by atoms with Crippen molar-refractivity contribution in [1.29, 1.82) is 0 Å². The molecule has 0 aliphatic rings. The summed E-state index contributed by atoms with van der Waals surface area (Å²) >= 11 is 0. The van der Waals surface area contributed by atoms with Crippen LogP contribution in [0.1, 0.15) is 48.5 Å². The van der Waals surface area contributed by atoms with Crippen molar-refractivity contribution in [3.63, 3.8) is 0 Å². The highest BCUT2D eigenvalue weighted by Gasteiger charge is 2.10. The molecule has 0 bridgehead atoms. The Morgan fingerprint density at radius 2 is 1.54 bits per heavy atom. The van der Waals surface area contributed by atoms with E-state index in [-0.39, 0.29) is 5.41 Å². The number of allylic oxidation sites excluding steroid dienone is 2. The van der Waals surface area contributed by atoms with Gasteiger partial charge < -0.3 is 5.32 Å². The van der Waals surface area contributed by atoms with Crippen LogP contribution in [0.2, 0.25) is 0 Å². The third kappa shape index (κ3) is 9.45. The Hall–Kier alpha value is -0.460. The van der Waals surface area contributed by atoms with Gasteiger partial charge in [-0.3, -0.25) is 0 Å². The summed E-state index contributed by atoms with van der Waals surface area (Å²) in [5, 5.41) is 3.44. The Bertz CT molecular complexity index is 176. The van der Waals surface area contributed by atoms with Gasteiger partial charge >= 0.3 is 0 Å². The van der Waals surface area contributed by atoms with Crippen LogP contribution in [0.15, 0.2) is 11.8 Å². The summed E-state index contributed by atoms with van der Waals surface area (Å²) in [5.41, 5.74) is 1.91. The van der Waals surface area contributed by atoms with Gasteiger partial charge in [0.2, 0.25) is 0 Å². The molecule has 1 N–H and O–H groups in total. The molecule has 0 aliphatic carbocycles. The van der Waals surface area contributed by atoms with Crippen LogP contribution in [-0.4, -0.2) is 6.54 Å². The van der Waals surface area contributed by atoms with Crippen molar-refractivity contribution >= 4 is 0 Å². The third-order valence-corrected chi connectivity index (χ3v) is 1.55. The van der Waals surface area contributed by atoms with Gasteiger partial charge in [-0.2, -0.15) is 0 Å². The van der Waals surface area contributed by atoms with E-state index in [0.717, 1.165) is 6.54 Å². The standard InChI is InChI=1S/C12H25N/c1-10(8-11(2,3)4)13-9-12(5,6)7/h8,13H,9H2,1-7H3. The molecule has 0 amide bonds. The summed E-state index contributed by atoms with van der Waals surface area (Å²) in [5.74, 6) is 0. The average molecular weight is 183 g/mol. The van der Waals surface area contributed by atoms with Crippen LogP contribution in [0.25, 0.3) is 0 Å². The molecule has 0 spiro atoms. The highest BCUT2D eigenvalue weighted by molar-refractivity contribution is 5.02. The van der Waals surface area contributed by atoms with E-state index in [9.17, 15) is 0 Å². The highest BCUT2D eigenvalue weighted by Crippen LogP contribution is 2.17. The van der Waals surface area contributed by atoms with Crippen LogP contribution < -0.4 is 5.32 Å². The third-order valence-electron chi connectivity index (χ3n) is 1.55. The molecule has 0 rings (SSSR count). The molecule has 0 atom stereocenters. The van der Waals surface area contributed by atoms with Crippen molar-refractivity contribution in [2.45, 2.75) is 48.5 Å². The minimum Gasteiger partial charge on any atom is -0.388 e. The lowest BCUT2D eigenvalue weighted by Crippen LogP contribution is -2.26. The zero-order valence-corrected chi connectivity index (χ0v) is 10.3. The molecule has 13 heavy (non-hydrogen) atoms. The summed E-state index contributed by atoms with van der Waals surface area (Å²) in [6.07, 6.45) is 2.28. The van der Waals surface area contributed by atoms with E-state index < -0.39 is 0 Å². The Morgan fingerprint density at radius 1 is 1.08 bits per heavy atom. The van der Waals surface area contributed by atoms with Crippen LogP contribution in [0.5, 0.6) is 0 Å². The SMILES string of the molecule is CC(=CC(C)(C)C)NCC(C)(C)C. The molecule has 1 heteroatoms. The van der Waals surface area contributed by atoms with Crippen molar-refractivity contribution in [1.82, 2.24) is 5.32 Å². The number of rotatable bonds is 2. The maximum absolute atomic E-state index is 3.44. The zero-order valence-electron chi connectivity index (χ0n) is 10.3. The molecule has 0 heterocycles. The first-order chi connectivity index (χ1) is 5.60. The first-order valence-corrected chi connectivity index (χ1v) is 5.03. The minimum absolute atomic E-state index is 0.273. The van der Waals surface area contributed by atoms with E-state index in [4.69, 9.17) is 0 Å². The van der Waals surface area contributed by atoms with E-state index in [2.05, 4.69) is 59.9 Å². The maximum Gasteiger partial charge on any atom is 0.0192 e. The van der Waals surface area contributed by atoms with Crippen LogP contribution in [0.3, 0.4) is 0 Å². The molecule has 1 nitrogen and oxygen atoms in total. The van der Waals surface area contributed by atoms with Gasteiger partial charge in [0.25, 0.3) is 0 Å². The molecule has 0 saturated carbocycles. The van der Waals surface area contributed by atoms with Crippen LogP contribution >= 0.6 is 0 Å². The molecule has 0 aromatic carbocycles. The summed E-state index contributed by atoms with van der Waals surface area (Å²) in [6, 6.07) is 0. The van der Waals surface area contributed by atoms with E-state index >= 15 is 0 Å². The molecule has 0 radical (unpaired) electrons. The maximum atomic E-state index is 3.44. The fraction of sp³-hybridized carbons (Fsp3) is 0.833. The molecule has 0 aromatic heterocycles. The number of nitrogens with one attached hydrogen (secondary N) is 1. The Kier molecular flexibility index (Phi) is 4.02. The molecule has 0 fully saturated rings. The first kappa shape index (κ1) is 12.5. The second kappa shape index (κ2) is 4.17. The Morgan fingerprint density at radius 3 is 1.85 bits per heavy atom. The van der Waals surface area contributed by atoms with Crippen molar-refractivity contribution in [2.24, 2.45) is 10.8 Å². The molecule has 0 aromatic rings. The number of hydrogen-bond donors (Lipinski definition) is 1. The minimum atomic E-state index is 0.273. The van der Waals surface area contributed by atoms with Gasteiger partial charge in [0, 0.05) is 12.2 Å². The summed E-state index contributed by atoms with van der Waals surface area (Å²) in [4.78, 5) is 0. The summed E-state index contributed by atoms with van der Waals surface area (Å²) in [7, 11) is 0. The van der Waals surface area contributed by atoms with E-state index in [1.165, 1.54) is 5.70 Å². The highest BCUT2D eigenvalue weighted by atomic mass is 14.9. The fourth-order valence-corrected chi connectivity index (χ4v) is 1.11. The largest absolute Gasteiger partial charge is 0.388 e. The van der Waals surface area contributed by atoms with Crippen LogP contribution in [-0.2, 0) is 0 Å². The topological polar surface area (TPSA) is 12.0 Å². The van der Waals surface area contributed by atoms with Gasteiger partial charge in [0.1, 0.15) is 0 Å². The van der Waals surface area contributed by atoms with E-state index in [1.807, 2.05) is 0 Å². The summed E-state index contributed by atoms with van der Waals surface area (Å²) < 4.78 is 0. The second-order valence-corrected chi connectivity index (χ2v) is 6.11. The predicted octanol–water partition coefficient (Wildman–Crippen LogP) is 3.57. The van der Waals surface area contributed by atoms with Gasteiger partial charge in [-0.15, -0.1) is 0 Å². The quantitative estimate of drug-likeness (QED) is 0.690. The van der Waals surface area contributed by atoms with Crippen molar-refractivity contribution in [3.05, 3.63) is 11.8 Å². The lowest BCUT2D eigenvalue weighted by atomic mass is 9.94. The summed E-state index contributed by atoms with van der Waals surface area (Å²) in [6.45, 7) is 16.5. The fourth-order valence-electron chi connectivity index (χ4n) is 1.11. The van der Waals surface area contributed by atoms with Gasteiger partial charge in [-0.25, -0.2) is 0 Å². The van der Waals surface area contributed by atoms with Gasteiger partial charge in [0.15, 0.2) is 0 Å². The predicted molar refractivity (Wildman–Crippen MR) is 60.7 cm³/mol. The van der Waals surface area contributed by atoms with E-state index in [0.29, 0.717) is 5.41 Å². The van der Waals surface area contributed by atoms with Crippen molar-refractivity contribution < 1.29 is 0 Å². The lowest BCUT2D eigenvalue weighted by molar-refractivity contribution is 0.394. The smallest absolute Gasteiger partial charge is 0.0192 e. The monoisotopic (exact) mass is 183 g/mol. The first-order valence-electron chi connectivity index (χ1n) is 5.03. The van der Waals surface area contributed by atoms with Crippen molar-refractivity contribution in [3.8, 4) is 0 Å². The Labute approximate surface area is 83.6 Å². The molecule has 0 saturated heterocycles. The molecule has 0 aliphatic heterocycles. The normalized spacial score (nSPS) is 14.5. The Balaban J connectivity index is 4.02. The molecular weight excluding hydrogens is 158 g/mol. The average Bonchev–Trinajstić information content (AvgIpc) is 1.78. The van der Waals surface area contributed by atoms with Gasteiger partial charge in [-0.05, 0) is 17.8 Å².